The van der Waals surface area contributed by atoms with Gasteiger partial charge in [-0.2, -0.15) is 0 Å². The van der Waals surface area contributed by atoms with Gasteiger partial charge in [-0.15, -0.1) is 0 Å². The van der Waals surface area contributed by atoms with Crippen LogP contribution in [-0.4, -0.2) is 28.4 Å². The maximum atomic E-state index is 5.30. The van der Waals surface area contributed by atoms with Gasteiger partial charge in [0.1, 0.15) is 0 Å². The molecule has 90 valence electrons. The van der Waals surface area contributed by atoms with Crippen molar-refractivity contribution >= 4 is 15.9 Å². The molecule has 5 heteroatoms. The number of hydrogen-bond acceptors (Lipinski definition) is 4. The van der Waals surface area contributed by atoms with E-state index >= 15 is 0 Å². The average molecular weight is 291 g/mol. The van der Waals surface area contributed by atoms with Crippen LogP contribution in [0.1, 0.15) is 5.56 Å². The van der Waals surface area contributed by atoms with Crippen molar-refractivity contribution in [2.75, 3.05) is 28.4 Å². The number of alkyl halides is 1. The number of ether oxygens (including phenoxy) is 4. The van der Waals surface area contributed by atoms with Gasteiger partial charge in [-0.3, -0.25) is 0 Å². The van der Waals surface area contributed by atoms with Gasteiger partial charge in [0, 0.05) is 14.2 Å². The lowest BCUT2D eigenvalue weighted by atomic mass is 10.1. The highest BCUT2D eigenvalue weighted by atomic mass is 79.9. The summed E-state index contributed by atoms with van der Waals surface area (Å²) in [5, 5.41) is 0. The maximum absolute atomic E-state index is 5.30. The normalized spacial score (nSPS) is 11.3. The van der Waals surface area contributed by atoms with Gasteiger partial charge < -0.3 is 18.9 Å². The topological polar surface area (TPSA) is 36.9 Å². The third-order valence-electron chi connectivity index (χ3n) is 2.25. The lowest BCUT2D eigenvalue weighted by Gasteiger charge is -2.26. The van der Waals surface area contributed by atoms with Crippen LogP contribution in [0.15, 0.2) is 18.2 Å². The fourth-order valence-electron chi connectivity index (χ4n) is 1.43. The third-order valence-corrected chi connectivity index (χ3v) is 3.32. The highest BCUT2D eigenvalue weighted by Crippen LogP contribution is 2.42. The number of para-hydroxylation sites is 1. The minimum Gasteiger partial charge on any atom is -0.493 e. The monoisotopic (exact) mass is 290 g/mol. The van der Waals surface area contributed by atoms with E-state index in [4.69, 9.17) is 18.9 Å². The molecule has 16 heavy (non-hydrogen) atoms. The molecule has 0 saturated heterocycles. The van der Waals surface area contributed by atoms with Crippen molar-refractivity contribution in [3.63, 3.8) is 0 Å². The Bertz CT molecular complexity index is 350. The molecule has 0 unspecified atom stereocenters. The number of methoxy groups -OCH3 is 4. The molecule has 0 fully saturated rings. The Morgan fingerprint density at radius 3 is 2.06 bits per heavy atom. The Hall–Kier alpha value is -0.780. The van der Waals surface area contributed by atoms with E-state index in [-0.39, 0.29) is 0 Å². The molecule has 1 aromatic rings. The zero-order chi connectivity index (χ0) is 12.2. The quantitative estimate of drug-likeness (QED) is 0.617. The van der Waals surface area contributed by atoms with Crippen LogP contribution in [0.5, 0.6) is 11.5 Å². The first-order chi connectivity index (χ1) is 7.62. The molecule has 0 bridgehead atoms. The van der Waals surface area contributed by atoms with Gasteiger partial charge in [0.2, 0.25) is 0 Å². The predicted molar refractivity (Wildman–Crippen MR) is 64.2 cm³/mol. The Morgan fingerprint density at radius 1 is 1.00 bits per heavy atom. The molecule has 0 amide bonds. The fraction of sp³-hybridized carbons (Fsp3) is 0.455. The lowest BCUT2D eigenvalue weighted by Crippen LogP contribution is -2.23. The predicted octanol–water partition coefficient (Wildman–Crippen LogP) is 2.50. The Labute approximate surface area is 104 Å². The first-order valence-electron chi connectivity index (χ1n) is 4.63. The van der Waals surface area contributed by atoms with E-state index in [0.717, 1.165) is 0 Å². The zero-order valence-electron chi connectivity index (χ0n) is 9.74. The van der Waals surface area contributed by atoms with E-state index in [2.05, 4.69) is 15.9 Å². The molecule has 1 rings (SSSR count). The Morgan fingerprint density at radius 2 is 1.62 bits per heavy atom. The van der Waals surface area contributed by atoms with Gasteiger partial charge in [-0.1, -0.05) is 6.07 Å². The molecule has 0 spiro atoms. The molecule has 0 atom stereocenters. The highest BCUT2D eigenvalue weighted by Gasteiger charge is 2.33. The van der Waals surface area contributed by atoms with Crippen LogP contribution in [0.2, 0.25) is 0 Å². The summed E-state index contributed by atoms with van der Waals surface area (Å²) < 4.78 is 20.0. The third kappa shape index (κ3) is 2.31. The van der Waals surface area contributed by atoms with Crippen molar-refractivity contribution in [2.45, 2.75) is 4.70 Å². The van der Waals surface area contributed by atoms with Crippen LogP contribution in [0, 0.1) is 0 Å². The fourth-order valence-corrected chi connectivity index (χ4v) is 1.74. The van der Waals surface area contributed by atoms with Crippen LogP contribution in [0.4, 0.5) is 0 Å². The molecule has 0 radical (unpaired) electrons. The van der Waals surface area contributed by atoms with Gasteiger partial charge in [0.15, 0.2) is 11.5 Å². The number of benzene rings is 1. The standard InChI is InChI=1S/C11H15BrO4/c1-13-9-7-5-6-8(10(9)14-2)11(12,15-3)16-4/h5-7H,1-4H3. The minimum atomic E-state index is -1.03. The van der Waals surface area contributed by atoms with E-state index < -0.39 is 4.70 Å². The smallest absolute Gasteiger partial charge is 0.257 e. The summed E-state index contributed by atoms with van der Waals surface area (Å²) in [6.07, 6.45) is 0. The number of hydrogen-bond donors (Lipinski definition) is 0. The summed E-state index contributed by atoms with van der Waals surface area (Å²) in [4.78, 5) is 0. The van der Waals surface area contributed by atoms with E-state index in [1.807, 2.05) is 12.1 Å². The van der Waals surface area contributed by atoms with Gasteiger partial charge in [-0.05, 0) is 28.1 Å². The Kier molecular flexibility index (Phi) is 4.58. The van der Waals surface area contributed by atoms with E-state index in [9.17, 15) is 0 Å². The molecular formula is C11H15BrO4. The highest BCUT2D eigenvalue weighted by molar-refractivity contribution is 9.09. The zero-order valence-corrected chi connectivity index (χ0v) is 11.3. The van der Waals surface area contributed by atoms with Crippen LogP contribution in [-0.2, 0) is 14.2 Å². The summed E-state index contributed by atoms with van der Waals surface area (Å²) >= 11 is 3.37. The van der Waals surface area contributed by atoms with Crippen molar-refractivity contribution in [1.82, 2.24) is 0 Å². The SMILES string of the molecule is COc1cccc(C(Br)(OC)OC)c1OC. The molecule has 0 heterocycles. The summed E-state index contributed by atoms with van der Waals surface area (Å²) in [6.45, 7) is 0. The number of halogens is 1. The molecule has 0 saturated carbocycles. The van der Waals surface area contributed by atoms with Crippen LogP contribution in [0.3, 0.4) is 0 Å². The van der Waals surface area contributed by atoms with Crippen LogP contribution < -0.4 is 9.47 Å². The summed E-state index contributed by atoms with van der Waals surface area (Å²) in [5.74, 6) is 1.20. The molecule has 0 aliphatic carbocycles. The second-order valence-corrected chi connectivity index (χ2v) is 4.03. The van der Waals surface area contributed by atoms with Crippen molar-refractivity contribution in [3.8, 4) is 11.5 Å². The van der Waals surface area contributed by atoms with Crippen molar-refractivity contribution < 1.29 is 18.9 Å². The van der Waals surface area contributed by atoms with Gasteiger partial charge in [-0.25, -0.2) is 0 Å². The molecule has 0 aliphatic rings. The molecule has 1 aromatic carbocycles. The average Bonchev–Trinajstić information content (AvgIpc) is 2.36. The van der Waals surface area contributed by atoms with Crippen LogP contribution in [0.25, 0.3) is 0 Å². The van der Waals surface area contributed by atoms with Gasteiger partial charge in [0.05, 0.1) is 19.8 Å². The molecular weight excluding hydrogens is 276 g/mol. The van der Waals surface area contributed by atoms with E-state index in [1.165, 1.54) is 14.2 Å². The summed E-state index contributed by atoms with van der Waals surface area (Å²) in [5.41, 5.74) is 0.708. The molecule has 4 nitrogen and oxygen atoms in total. The Balaban J connectivity index is 3.32. The van der Waals surface area contributed by atoms with Crippen molar-refractivity contribution in [2.24, 2.45) is 0 Å². The van der Waals surface area contributed by atoms with Crippen molar-refractivity contribution in [3.05, 3.63) is 23.8 Å². The first kappa shape index (κ1) is 13.3. The molecule has 0 N–H and O–H groups in total. The molecule has 0 aliphatic heterocycles. The maximum Gasteiger partial charge on any atom is 0.257 e. The van der Waals surface area contributed by atoms with Crippen LogP contribution >= 0.6 is 15.9 Å². The molecule has 0 aromatic heterocycles. The first-order valence-corrected chi connectivity index (χ1v) is 5.43. The van der Waals surface area contributed by atoms with Gasteiger partial charge >= 0.3 is 0 Å². The van der Waals surface area contributed by atoms with Gasteiger partial charge in [0.25, 0.3) is 4.70 Å². The summed E-state index contributed by atoms with van der Waals surface area (Å²) in [6, 6.07) is 5.48. The second kappa shape index (κ2) is 5.52. The minimum absolute atomic E-state index is 0.575. The second-order valence-electron chi connectivity index (χ2n) is 2.99. The van der Waals surface area contributed by atoms with E-state index in [1.54, 1.807) is 20.3 Å². The lowest BCUT2D eigenvalue weighted by molar-refractivity contribution is -0.134. The van der Waals surface area contributed by atoms with Crippen molar-refractivity contribution in [1.29, 1.82) is 0 Å². The number of rotatable bonds is 5. The van der Waals surface area contributed by atoms with E-state index in [0.29, 0.717) is 17.1 Å². The largest absolute Gasteiger partial charge is 0.493 e. The summed E-state index contributed by atoms with van der Waals surface area (Å²) in [7, 11) is 6.23.